The lowest BCUT2D eigenvalue weighted by atomic mass is 9.89. The Kier molecular flexibility index (Phi) is 3.73. The number of nitrogens with one attached hydrogen (secondary N) is 1. The molecule has 1 aliphatic carbocycles. The molecule has 0 aromatic carbocycles. The Morgan fingerprint density at radius 2 is 2.46 bits per heavy atom. The van der Waals surface area contributed by atoms with Crippen LogP contribution in [0.2, 0.25) is 0 Å². The molecule has 1 atom stereocenters. The van der Waals surface area contributed by atoms with E-state index in [9.17, 15) is 4.79 Å². The summed E-state index contributed by atoms with van der Waals surface area (Å²) in [6, 6.07) is 0. The highest BCUT2D eigenvalue weighted by Crippen LogP contribution is 2.20. The molecular formula is C9H16N2O2. The highest BCUT2D eigenvalue weighted by atomic mass is 16.5. The molecule has 1 unspecified atom stereocenters. The van der Waals surface area contributed by atoms with Crippen molar-refractivity contribution in [1.82, 2.24) is 5.43 Å². The zero-order valence-electron chi connectivity index (χ0n) is 8.17. The molecule has 1 aliphatic rings. The van der Waals surface area contributed by atoms with Gasteiger partial charge in [0, 0.05) is 5.71 Å². The van der Waals surface area contributed by atoms with Crippen LogP contribution in [0.4, 0.5) is 4.79 Å². The number of ether oxygens (including phenoxy) is 1. The number of nitrogens with zero attached hydrogens (tertiary/aromatic N) is 1. The summed E-state index contributed by atoms with van der Waals surface area (Å²) in [7, 11) is 1.33. The van der Waals surface area contributed by atoms with Gasteiger partial charge >= 0.3 is 6.09 Å². The highest BCUT2D eigenvalue weighted by molar-refractivity contribution is 5.86. The Balaban J connectivity index is 2.37. The van der Waals surface area contributed by atoms with Gasteiger partial charge in [0.15, 0.2) is 0 Å². The van der Waals surface area contributed by atoms with E-state index in [-0.39, 0.29) is 0 Å². The zero-order valence-corrected chi connectivity index (χ0v) is 8.17. The van der Waals surface area contributed by atoms with Crippen molar-refractivity contribution >= 4 is 11.8 Å². The SMILES string of the molecule is COC(=O)NN=C1CCCC(C)C1. The topological polar surface area (TPSA) is 50.7 Å². The molecule has 0 spiro atoms. The van der Waals surface area contributed by atoms with E-state index >= 15 is 0 Å². The average Bonchev–Trinajstić information content (AvgIpc) is 2.14. The summed E-state index contributed by atoms with van der Waals surface area (Å²) >= 11 is 0. The molecule has 74 valence electrons. The molecule has 13 heavy (non-hydrogen) atoms. The molecule has 1 amide bonds. The fourth-order valence-electron chi connectivity index (χ4n) is 1.53. The fraction of sp³-hybridized carbons (Fsp3) is 0.778. The molecule has 0 bridgehead atoms. The number of hydrazone groups is 1. The quantitative estimate of drug-likeness (QED) is 0.633. The summed E-state index contributed by atoms with van der Waals surface area (Å²) in [5.41, 5.74) is 3.42. The van der Waals surface area contributed by atoms with E-state index < -0.39 is 6.09 Å². The maximum absolute atomic E-state index is 10.7. The fourth-order valence-corrected chi connectivity index (χ4v) is 1.53. The van der Waals surface area contributed by atoms with E-state index in [0.29, 0.717) is 5.92 Å². The number of carbonyl (C=O) groups excluding carboxylic acids is 1. The minimum Gasteiger partial charge on any atom is -0.452 e. The molecule has 4 heteroatoms. The van der Waals surface area contributed by atoms with E-state index in [4.69, 9.17) is 0 Å². The zero-order chi connectivity index (χ0) is 9.68. The lowest BCUT2D eigenvalue weighted by molar-refractivity contribution is 0.171. The molecule has 1 saturated carbocycles. The van der Waals surface area contributed by atoms with Gasteiger partial charge in [-0.05, 0) is 31.6 Å². The first-order valence-electron chi connectivity index (χ1n) is 4.61. The Morgan fingerprint density at radius 3 is 3.08 bits per heavy atom. The van der Waals surface area contributed by atoms with E-state index in [1.807, 2.05) is 0 Å². The van der Waals surface area contributed by atoms with Crippen LogP contribution in [0.15, 0.2) is 5.10 Å². The van der Waals surface area contributed by atoms with Crippen molar-refractivity contribution in [2.75, 3.05) is 7.11 Å². The Hall–Kier alpha value is -1.06. The van der Waals surface area contributed by atoms with Crippen molar-refractivity contribution in [2.24, 2.45) is 11.0 Å². The smallest absolute Gasteiger partial charge is 0.427 e. The van der Waals surface area contributed by atoms with Crippen LogP contribution < -0.4 is 5.43 Å². The van der Waals surface area contributed by atoms with Crippen molar-refractivity contribution in [3.05, 3.63) is 0 Å². The van der Waals surface area contributed by atoms with E-state index in [1.165, 1.54) is 20.0 Å². The van der Waals surface area contributed by atoms with Gasteiger partial charge in [-0.2, -0.15) is 5.10 Å². The lowest BCUT2D eigenvalue weighted by Crippen LogP contribution is -2.21. The molecule has 4 nitrogen and oxygen atoms in total. The highest BCUT2D eigenvalue weighted by Gasteiger charge is 2.14. The average molecular weight is 184 g/mol. The number of rotatable bonds is 1. The van der Waals surface area contributed by atoms with Gasteiger partial charge in [-0.1, -0.05) is 6.92 Å². The van der Waals surface area contributed by atoms with Crippen LogP contribution in [0, 0.1) is 5.92 Å². The molecule has 0 aromatic rings. The molecule has 0 saturated heterocycles. The minimum atomic E-state index is -0.495. The second-order valence-electron chi connectivity index (χ2n) is 3.48. The summed E-state index contributed by atoms with van der Waals surface area (Å²) < 4.78 is 4.41. The van der Waals surface area contributed by atoms with E-state index in [1.54, 1.807) is 0 Å². The second-order valence-corrected chi connectivity index (χ2v) is 3.48. The van der Waals surface area contributed by atoms with Crippen molar-refractivity contribution in [1.29, 1.82) is 0 Å². The summed E-state index contributed by atoms with van der Waals surface area (Å²) in [6.45, 7) is 2.20. The monoisotopic (exact) mass is 184 g/mol. The summed E-state index contributed by atoms with van der Waals surface area (Å²) in [6.07, 6.45) is 3.92. The van der Waals surface area contributed by atoms with Crippen LogP contribution in [0.3, 0.4) is 0 Å². The first-order chi connectivity index (χ1) is 6.22. The van der Waals surface area contributed by atoms with Gasteiger partial charge in [-0.3, -0.25) is 0 Å². The molecule has 0 radical (unpaired) electrons. The molecule has 0 heterocycles. The van der Waals surface area contributed by atoms with Crippen LogP contribution in [-0.2, 0) is 4.74 Å². The van der Waals surface area contributed by atoms with Crippen molar-refractivity contribution < 1.29 is 9.53 Å². The Morgan fingerprint density at radius 1 is 1.69 bits per heavy atom. The largest absolute Gasteiger partial charge is 0.452 e. The molecule has 1 fully saturated rings. The first-order valence-corrected chi connectivity index (χ1v) is 4.61. The van der Waals surface area contributed by atoms with E-state index in [2.05, 4.69) is 22.2 Å². The van der Waals surface area contributed by atoms with E-state index in [0.717, 1.165) is 18.6 Å². The van der Waals surface area contributed by atoms with Crippen molar-refractivity contribution in [3.63, 3.8) is 0 Å². The van der Waals surface area contributed by atoms with Gasteiger partial charge in [0.2, 0.25) is 0 Å². The number of methoxy groups -OCH3 is 1. The third kappa shape index (κ3) is 3.44. The van der Waals surface area contributed by atoms with Gasteiger partial charge in [0.1, 0.15) is 0 Å². The van der Waals surface area contributed by atoms with Crippen molar-refractivity contribution in [2.45, 2.75) is 32.6 Å². The van der Waals surface area contributed by atoms with Crippen LogP contribution in [-0.4, -0.2) is 18.9 Å². The summed E-state index contributed by atoms with van der Waals surface area (Å²) in [4.78, 5) is 10.7. The molecule has 0 aliphatic heterocycles. The second kappa shape index (κ2) is 4.84. The van der Waals surface area contributed by atoms with Gasteiger partial charge < -0.3 is 4.74 Å². The van der Waals surface area contributed by atoms with Crippen LogP contribution >= 0.6 is 0 Å². The van der Waals surface area contributed by atoms with Crippen LogP contribution in [0.1, 0.15) is 32.6 Å². The van der Waals surface area contributed by atoms with Crippen molar-refractivity contribution in [3.8, 4) is 0 Å². The minimum absolute atomic E-state index is 0.495. The van der Waals surface area contributed by atoms with Gasteiger partial charge in [0.25, 0.3) is 0 Å². The Labute approximate surface area is 78.3 Å². The molecule has 1 N–H and O–H groups in total. The standard InChI is InChI=1S/C9H16N2O2/c1-7-4-3-5-8(6-7)10-11-9(12)13-2/h7H,3-6H2,1-2H3,(H,11,12). The first kappa shape index (κ1) is 10.0. The number of carbonyl (C=O) groups is 1. The normalized spacial score (nSPS) is 25.7. The van der Waals surface area contributed by atoms with Gasteiger partial charge in [-0.25, -0.2) is 10.2 Å². The number of hydrogen-bond acceptors (Lipinski definition) is 3. The maximum atomic E-state index is 10.7. The predicted molar refractivity (Wildman–Crippen MR) is 50.6 cm³/mol. The summed E-state index contributed by atoms with van der Waals surface area (Å²) in [5, 5.41) is 4.00. The lowest BCUT2D eigenvalue weighted by Gasteiger charge is -2.18. The third-order valence-corrected chi connectivity index (χ3v) is 2.24. The van der Waals surface area contributed by atoms with Crippen LogP contribution in [0.5, 0.6) is 0 Å². The summed E-state index contributed by atoms with van der Waals surface area (Å²) in [5.74, 6) is 0.687. The Bertz CT molecular complexity index is 214. The number of hydrogen-bond donors (Lipinski definition) is 1. The van der Waals surface area contributed by atoms with Crippen LogP contribution in [0.25, 0.3) is 0 Å². The molecule has 1 rings (SSSR count). The van der Waals surface area contributed by atoms with Gasteiger partial charge in [0.05, 0.1) is 7.11 Å². The third-order valence-electron chi connectivity index (χ3n) is 2.24. The van der Waals surface area contributed by atoms with Gasteiger partial charge in [-0.15, -0.1) is 0 Å². The predicted octanol–water partition coefficient (Wildman–Crippen LogP) is 1.91. The maximum Gasteiger partial charge on any atom is 0.427 e. The molecular weight excluding hydrogens is 168 g/mol. The number of amides is 1. The molecule has 0 aromatic heterocycles.